The Kier molecular flexibility index (Phi) is 7.67. The minimum atomic E-state index is -1.23. The summed E-state index contributed by atoms with van der Waals surface area (Å²) in [5.41, 5.74) is 3.19. The topological polar surface area (TPSA) is 87.5 Å². The summed E-state index contributed by atoms with van der Waals surface area (Å²) < 4.78 is 7.89. The van der Waals surface area contributed by atoms with Crippen LogP contribution < -0.4 is 9.84 Å². The van der Waals surface area contributed by atoms with Gasteiger partial charge in [0.1, 0.15) is 10.1 Å². The fourth-order valence-electron chi connectivity index (χ4n) is 3.44. The van der Waals surface area contributed by atoms with E-state index in [1.807, 2.05) is 60.8 Å². The number of carboxylic acid groups (broad SMARTS) is 1. The van der Waals surface area contributed by atoms with Crippen molar-refractivity contribution in [2.24, 2.45) is 5.92 Å². The average molecular weight is 507 g/mol. The maximum Gasteiger partial charge on any atom is 0.266 e. The lowest BCUT2D eigenvalue weighted by molar-refractivity contribution is -0.305. The standard InChI is InChI=1S/C26H25N3O4S2/c1-17(2)16-33-21-10-8-18(9-11-21)24-19(15-29(27-24)20-6-4-3-5-7-20)14-22-25(32)28(26(34)35-22)13-12-23(30)31/h3-11,14-15,17H,12-13,16H2,1-2H3,(H,30,31)/p-1/b22-14-. The molecule has 3 aromatic rings. The van der Waals surface area contributed by atoms with Crippen LogP contribution in [-0.2, 0) is 9.59 Å². The van der Waals surface area contributed by atoms with E-state index in [9.17, 15) is 14.7 Å². The second-order valence-electron chi connectivity index (χ2n) is 8.40. The molecule has 0 aliphatic carbocycles. The molecule has 1 fully saturated rings. The third kappa shape index (κ3) is 5.98. The molecule has 2 aromatic carbocycles. The van der Waals surface area contributed by atoms with E-state index in [-0.39, 0.29) is 18.9 Å². The fourth-order valence-corrected chi connectivity index (χ4v) is 4.74. The SMILES string of the molecule is CC(C)COc1ccc(-c2nn(-c3ccccc3)cc2/C=C2\SC(=S)N(CCC(=O)[O-])C2=O)cc1. The number of thioether (sulfide) groups is 1. The molecule has 1 aliphatic rings. The van der Waals surface area contributed by atoms with Crippen LogP contribution in [0.5, 0.6) is 5.75 Å². The number of carboxylic acids is 1. The molecule has 1 saturated heterocycles. The number of thiocarbonyl (C=S) groups is 1. The molecule has 1 aliphatic heterocycles. The Hall–Kier alpha value is -3.43. The molecule has 0 spiro atoms. The highest BCUT2D eigenvalue weighted by Crippen LogP contribution is 2.35. The Morgan fingerprint density at radius 3 is 2.54 bits per heavy atom. The number of hydrogen-bond donors (Lipinski definition) is 0. The van der Waals surface area contributed by atoms with Crippen molar-refractivity contribution in [1.29, 1.82) is 0 Å². The largest absolute Gasteiger partial charge is 0.550 e. The Labute approximate surface area is 213 Å². The van der Waals surface area contributed by atoms with E-state index in [4.69, 9.17) is 22.1 Å². The summed E-state index contributed by atoms with van der Waals surface area (Å²) in [5.74, 6) is -0.346. The van der Waals surface area contributed by atoms with Crippen molar-refractivity contribution in [2.45, 2.75) is 20.3 Å². The highest BCUT2D eigenvalue weighted by Gasteiger charge is 2.32. The molecule has 180 valence electrons. The highest BCUT2D eigenvalue weighted by molar-refractivity contribution is 8.26. The quantitative estimate of drug-likeness (QED) is 0.321. The highest BCUT2D eigenvalue weighted by atomic mass is 32.2. The van der Waals surface area contributed by atoms with Crippen LogP contribution in [0.15, 0.2) is 65.7 Å². The lowest BCUT2D eigenvalue weighted by Gasteiger charge is -2.14. The molecule has 0 N–H and O–H groups in total. The van der Waals surface area contributed by atoms with E-state index in [0.29, 0.717) is 27.4 Å². The van der Waals surface area contributed by atoms with Gasteiger partial charge in [0.2, 0.25) is 0 Å². The number of amides is 1. The number of benzene rings is 2. The molecular formula is C26H24N3O4S2-. The van der Waals surface area contributed by atoms with Crippen LogP contribution in [0.1, 0.15) is 25.8 Å². The Morgan fingerprint density at radius 2 is 1.89 bits per heavy atom. The summed E-state index contributed by atoms with van der Waals surface area (Å²) in [5, 5.41) is 15.6. The minimum absolute atomic E-state index is 0.0156. The minimum Gasteiger partial charge on any atom is -0.550 e. The molecule has 1 aromatic heterocycles. The summed E-state index contributed by atoms with van der Waals surface area (Å²) in [6.07, 6.45) is 3.34. The number of carbonyl (C=O) groups is 2. The molecule has 9 heteroatoms. The van der Waals surface area contributed by atoms with Crippen molar-refractivity contribution in [1.82, 2.24) is 14.7 Å². The van der Waals surface area contributed by atoms with Gasteiger partial charge in [0, 0.05) is 36.3 Å². The number of hydrogen-bond acceptors (Lipinski definition) is 7. The molecule has 0 unspecified atom stereocenters. The van der Waals surface area contributed by atoms with Gasteiger partial charge < -0.3 is 14.6 Å². The van der Waals surface area contributed by atoms with Gasteiger partial charge in [-0.2, -0.15) is 5.10 Å². The van der Waals surface area contributed by atoms with E-state index in [0.717, 1.165) is 34.3 Å². The molecule has 0 atom stereocenters. The summed E-state index contributed by atoms with van der Waals surface area (Å²) in [6, 6.07) is 17.4. The van der Waals surface area contributed by atoms with Crippen LogP contribution in [-0.4, -0.2) is 44.0 Å². The van der Waals surface area contributed by atoms with E-state index in [2.05, 4.69) is 13.8 Å². The zero-order chi connectivity index (χ0) is 24.9. The molecule has 0 bridgehead atoms. The number of nitrogens with zero attached hydrogens (tertiary/aromatic N) is 3. The molecule has 35 heavy (non-hydrogen) atoms. The molecule has 0 saturated carbocycles. The lowest BCUT2D eigenvalue weighted by atomic mass is 10.1. The first-order chi connectivity index (χ1) is 16.8. The predicted molar refractivity (Wildman–Crippen MR) is 139 cm³/mol. The van der Waals surface area contributed by atoms with E-state index in [1.54, 1.807) is 10.8 Å². The third-order valence-electron chi connectivity index (χ3n) is 5.17. The van der Waals surface area contributed by atoms with Crippen LogP contribution in [0.4, 0.5) is 0 Å². The molecule has 1 amide bonds. The Morgan fingerprint density at radius 1 is 1.17 bits per heavy atom. The second kappa shape index (κ2) is 10.9. The second-order valence-corrected chi connectivity index (χ2v) is 10.1. The number of aliphatic carboxylic acids is 1. The third-order valence-corrected chi connectivity index (χ3v) is 6.55. The molecule has 4 rings (SSSR count). The smallest absolute Gasteiger partial charge is 0.266 e. The predicted octanol–water partition coefficient (Wildman–Crippen LogP) is 3.92. The van der Waals surface area contributed by atoms with E-state index < -0.39 is 5.97 Å². The van der Waals surface area contributed by atoms with Crippen LogP contribution in [0.25, 0.3) is 23.0 Å². The van der Waals surface area contributed by atoms with Gasteiger partial charge >= 0.3 is 0 Å². The number of rotatable bonds is 9. The molecule has 2 heterocycles. The first-order valence-corrected chi connectivity index (χ1v) is 12.4. The molecule has 0 radical (unpaired) electrons. The van der Waals surface area contributed by atoms with E-state index in [1.165, 1.54) is 4.90 Å². The number of carbonyl (C=O) groups excluding carboxylic acids is 2. The Bertz CT molecular complexity index is 1270. The van der Waals surface area contributed by atoms with Gasteiger partial charge in [-0.3, -0.25) is 9.69 Å². The summed E-state index contributed by atoms with van der Waals surface area (Å²) in [6.45, 7) is 4.81. The average Bonchev–Trinajstić information content (AvgIpc) is 3.38. The summed E-state index contributed by atoms with van der Waals surface area (Å²) in [4.78, 5) is 25.5. The van der Waals surface area contributed by atoms with Gasteiger partial charge in [-0.05, 0) is 48.4 Å². The summed E-state index contributed by atoms with van der Waals surface area (Å²) >= 11 is 6.45. The Balaban J connectivity index is 1.68. The van der Waals surface area contributed by atoms with E-state index >= 15 is 0 Å². The van der Waals surface area contributed by atoms with Gasteiger partial charge in [0.05, 0.1) is 22.9 Å². The van der Waals surface area contributed by atoms with Crippen LogP contribution in [0.3, 0.4) is 0 Å². The van der Waals surface area contributed by atoms with Crippen molar-refractivity contribution in [2.75, 3.05) is 13.2 Å². The van der Waals surface area contributed by atoms with Crippen molar-refractivity contribution >= 4 is 46.3 Å². The van der Waals surface area contributed by atoms with Gasteiger partial charge in [-0.1, -0.05) is 56.0 Å². The number of ether oxygens (including phenoxy) is 1. The fraction of sp³-hybridized carbons (Fsp3) is 0.231. The van der Waals surface area contributed by atoms with Gasteiger partial charge in [-0.25, -0.2) is 4.68 Å². The first kappa shape index (κ1) is 24.7. The van der Waals surface area contributed by atoms with Crippen LogP contribution >= 0.6 is 24.0 Å². The maximum absolute atomic E-state index is 12.9. The van der Waals surface area contributed by atoms with Crippen molar-refractivity contribution in [3.8, 4) is 22.7 Å². The first-order valence-electron chi connectivity index (χ1n) is 11.2. The number of para-hydroxylation sites is 1. The van der Waals surface area contributed by atoms with Crippen molar-refractivity contribution in [3.05, 3.63) is 71.3 Å². The zero-order valence-corrected chi connectivity index (χ0v) is 21.0. The maximum atomic E-state index is 12.9. The molecule has 7 nitrogen and oxygen atoms in total. The number of aromatic nitrogens is 2. The van der Waals surface area contributed by atoms with Crippen molar-refractivity contribution < 1.29 is 19.4 Å². The van der Waals surface area contributed by atoms with Gasteiger partial charge in [0.15, 0.2) is 0 Å². The van der Waals surface area contributed by atoms with Gasteiger partial charge in [-0.15, -0.1) is 0 Å². The molecular weight excluding hydrogens is 482 g/mol. The van der Waals surface area contributed by atoms with Crippen molar-refractivity contribution in [3.63, 3.8) is 0 Å². The summed E-state index contributed by atoms with van der Waals surface area (Å²) in [7, 11) is 0. The lowest BCUT2D eigenvalue weighted by Crippen LogP contribution is -2.33. The van der Waals surface area contributed by atoms with Gasteiger partial charge in [0.25, 0.3) is 5.91 Å². The normalized spacial score (nSPS) is 14.8. The monoisotopic (exact) mass is 506 g/mol. The van der Waals surface area contributed by atoms with Crippen LogP contribution in [0.2, 0.25) is 0 Å². The zero-order valence-electron chi connectivity index (χ0n) is 19.3. The van der Waals surface area contributed by atoms with Crippen LogP contribution in [0, 0.1) is 5.92 Å².